The van der Waals surface area contributed by atoms with E-state index in [0.29, 0.717) is 36.5 Å². The van der Waals surface area contributed by atoms with E-state index in [2.05, 4.69) is 124 Å². The lowest BCUT2D eigenvalue weighted by molar-refractivity contribution is -0.210. The molecular formula is C52H57N3O5Si. The quantitative estimate of drug-likeness (QED) is 0.0664. The second-order valence-electron chi connectivity index (χ2n) is 17.9. The number of aryl methyl sites for hydroxylation is 1. The van der Waals surface area contributed by atoms with Crippen molar-refractivity contribution in [3.8, 4) is 6.07 Å². The van der Waals surface area contributed by atoms with Crippen LogP contribution in [-0.2, 0) is 35.5 Å². The number of nitriles is 1. The van der Waals surface area contributed by atoms with E-state index < -0.39 is 43.6 Å². The Bertz CT molecular complexity index is 2300. The summed E-state index contributed by atoms with van der Waals surface area (Å²) in [6, 6.07) is 54.6. The number of hydrogen-bond acceptors (Lipinski definition) is 7. The fourth-order valence-corrected chi connectivity index (χ4v) is 14.5. The van der Waals surface area contributed by atoms with Crippen molar-refractivity contribution in [3.63, 3.8) is 0 Å². The molecule has 2 aliphatic rings. The average Bonchev–Trinajstić information content (AvgIpc) is 3.82. The summed E-state index contributed by atoms with van der Waals surface area (Å²) in [5.74, 6) is -0.900. The minimum atomic E-state index is -2.73. The molecule has 0 aliphatic carbocycles. The molecule has 314 valence electrons. The molecule has 3 heterocycles. The number of benzene rings is 5. The molecule has 0 radical (unpaired) electrons. The molecule has 2 N–H and O–H groups in total. The van der Waals surface area contributed by atoms with Crippen LogP contribution in [0.25, 0.3) is 0 Å². The van der Waals surface area contributed by atoms with E-state index in [1.807, 2.05) is 86.1 Å². The normalized spacial score (nSPS) is 21.2. The van der Waals surface area contributed by atoms with E-state index in [0.717, 1.165) is 16.7 Å². The van der Waals surface area contributed by atoms with Gasteiger partial charge in [0.15, 0.2) is 5.79 Å². The number of aromatic nitrogens is 1. The van der Waals surface area contributed by atoms with Crippen LogP contribution in [0.5, 0.6) is 0 Å². The SMILES string of the molecule is CC1(C)O[C@@H]2[C@@H](COC(c3ccccc3)(c3ccccc3)c3ccccc3)O[C@@H](c3cn(CCCO[Si](c4ccccc4)(c4ccccc4)C(C)(C)C)c(C#N)c3N)[C@]2(C)O1. The first-order valence-electron chi connectivity index (χ1n) is 21.3. The van der Waals surface area contributed by atoms with Crippen LogP contribution in [0.15, 0.2) is 158 Å². The third kappa shape index (κ3) is 7.67. The van der Waals surface area contributed by atoms with Gasteiger partial charge in [0, 0.05) is 24.9 Å². The molecule has 0 spiro atoms. The number of ether oxygens (including phenoxy) is 4. The molecule has 6 aromatic rings. The minimum absolute atomic E-state index is 0.148. The summed E-state index contributed by atoms with van der Waals surface area (Å²) in [6.45, 7) is 13.9. The Hall–Kier alpha value is -5.31. The second-order valence-corrected chi connectivity index (χ2v) is 22.2. The number of anilines is 1. The third-order valence-electron chi connectivity index (χ3n) is 12.4. The number of nitrogens with two attached hydrogens (primary N) is 1. The summed E-state index contributed by atoms with van der Waals surface area (Å²) in [5.41, 5.74) is 9.47. The second kappa shape index (κ2) is 16.9. The molecule has 2 aliphatic heterocycles. The van der Waals surface area contributed by atoms with E-state index in [1.165, 1.54) is 10.4 Å². The zero-order chi connectivity index (χ0) is 42.9. The number of rotatable bonds is 14. The predicted molar refractivity (Wildman–Crippen MR) is 243 cm³/mol. The van der Waals surface area contributed by atoms with Gasteiger partial charge in [-0.2, -0.15) is 5.26 Å². The number of nitrogens with zero attached hydrogens (tertiary/aromatic N) is 2. The summed E-state index contributed by atoms with van der Waals surface area (Å²) in [5, 5.41) is 12.9. The van der Waals surface area contributed by atoms with Gasteiger partial charge < -0.3 is 33.7 Å². The number of nitrogen functional groups attached to an aromatic ring is 1. The van der Waals surface area contributed by atoms with Crippen LogP contribution in [-0.4, -0.2) is 49.7 Å². The van der Waals surface area contributed by atoms with Crippen molar-refractivity contribution in [1.82, 2.24) is 4.57 Å². The molecule has 2 saturated heterocycles. The first kappa shape index (κ1) is 42.4. The van der Waals surface area contributed by atoms with Gasteiger partial charge in [-0.1, -0.05) is 172 Å². The van der Waals surface area contributed by atoms with E-state index in [4.69, 9.17) is 29.1 Å². The van der Waals surface area contributed by atoms with Crippen molar-refractivity contribution in [2.75, 3.05) is 18.9 Å². The van der Waals surface area contributed by atoms with Gasteiger partial charge in [0.1, 0.15) is 41.3 Å². The lowest BCUT2D eigenvalue weighted by Crippen LogP contribution is -2.66. The lowest BCUT2D eigenvalue weighted by atomic mass is 9.80. The van der Waals surface area contributed by atoms with Crippen LogP contribution < -0.4 is 16.1 Å². The Labute approximate surface area is 361 Å². The van der Waals surface area contributed by atoms with Gasteiger partial charge in [0.05, 0.1) is 12.3 Å². The molecule has 2 fully saturated rings. The third-order valence-corrected chi connectivity index (χ3v) is 17.5. The van der Waals surface area contributed by atoms with Crippen molar-refractivity contribution >= 4 is 24.4 Å². The molecule has 4 atom stereocenters. The van der Waals surface area contributed by atoms with E-state index >= 15 is 0 Å². The molecule has 1 aromatic heterocycles. The van der Waals surface area contributed by atoms with Crippen LogP contribution in [0.1, 0.15) is 82.0 Å². The number of hydrogen-bond donors (Lipinski definition) is 1. The molecule has 61 heavy (non-hydrogen) atoms. The van der Waals surface area contributed by atoms with Gasteiger partial charge in [-0.15, -0.1) is 0 Å². The van der Waals surface area contributed by atoms with Gasteiger partial charge in [0.25, 0.3) is 8.32 Å². The smallest absolute Gasteiger partial charge is 0.261 e. The molecule has 0 unspecified atom stereocenters. The van der Waals surface area contributed by atoms with E-state index in [-0.39, 0.29) is 11.6 Å². The number of fused-ring (bicyclic) bond motifs is 1. The Morgan fingerprint density at radius 2 is 1.21 bits per heavy atom. The summed E-state index contributed by atoms with van der Waals surface area (Å²) in [6.07, 6.45) is 0.946. The van der Waals surface area contributed by atoms with Crippen molar-refractivity contribution < 1.29 is 23.4 Å². The summed E-state index contributed by atoms with van der Waals surface area (Å²) < 4.78 is 36.9. The fourth-order valence-electron chi connectivity index (χ4n) is 9.87. The van der Waals surface area contributed by atoms with Gasteiger partial charge in [-0.25, -0.2) is 0 Å². The molecule has 9 heteroatoms. The minimum Gasteiger partial charge on any atom is -0.407 e. The molecule has 0 bridgehead atoms. The topological polar surface area (TPSA) is 101 Å². The van der Waals surface area contributed by atoms with Crippen molar-refractivity contribution in [1.29, 1.82) is 5.26 Å². The molecule has 5 aromatic carbocycles. The molecule has 0 saturated carbocycles. The fraction of sp³-hybridized carbons (Fsp3) is 0.327. The van der Waals surface area contributed by atoms with Crippen LogP contribution in [0.3, 0.4) is 0 Å². The van der Waals surface area contributed by atoms with Gasteiger partial charge in [-0.05, 0) is 59.3 Å². The zero-order valence-corrected chi connectivity index (χ0v) is 37.1. The van der Waals surface area contributed by atoms with Gasteiger partial charge >= 0.3 is 0 Å². The maximum absolute atomic E-state index is 10.5. The first-order valence-corrected chi connectivity index (χ1v) is 23.2. The zero-order valence-electron chi connectivity index (χ0n) is 36.1. The molecule has 0 amide bonds. The Morgan fingerprint density at radius 1 is 0.738 bits per heavy atom. The highest BCUT2D eigenvalue weighted by molar-refractivity contribution is 6.99. The highest BCUT2D eigenvalue weighted by Gasteiger charge is 2.64. The van der Waals surface area contributed by atoms with E-state index in [9.17, 15) is 5.26 Å². The van der Waals surface area contributed by atoms with Crippen LogP contribution >= 0.6 is 0 Å². The average molecular weight is 832 g/mol. The maximum atomic E-state index is 10.5. The van der Waals surface area contributed by atoms with Crippen molar-refractivity contribution in [2.24, 2.45) is 0 Å². The summed E-state index contributed by atoms with van der Waals surface area (Å²) in [4.78, 5) is 0. The highest BCUT2D eigenvalue weighted by atomic mass is 28.4. The first-order chi connectivity index (χ1) is 29.3. The van der Waals surface area contributed by atoms with Crippen molar-refractivity contribution in [3.05, 3.63) is 186 Å². The standard InChI is InChI=1S/C52H57N3O5Si/c1-49(2,3)61(41-29-18-10-19-30-41,42-31-20-11-21-32-42)57-34-22-33-55-36-43(46(54)44(55)35-53)47-51(6)48(59-50(4,5)60-51)45(58-47)37-56-52(38-23-12-7-13-24-38,39-25-14-8-15-26-39)40-27-16-9-17-28-40/h7-21,23-32,36,45,47-48H,22,33-34,37,54H2,1-6H3/t45-,47+,48-,51+/m1/s1. The predicted octanol–water partition coefficient (Wildman–Crippen LogP) is 9.27. The van der Waals surface area contributed by atoms with E-state index in [1.54, 1.807) is 0 Å². The molecular weight excluding hydrogens is 775 g/mol. The monoisotopic (exact) mass is 831 g/mol. The lowest BCUT2D eigenvalue weighted by Gasteiger charge is -2.43. The van der Waals surface area contributed by atoms with Gasteiger partial charge in [0.2, 0.25) is 0 Å². The molecule has 8 rings (SSSR count). The van der Waals surface area contributed by atoms with Crippen LogP contribution in [0, 0.1) is 11.3 Å². The highest BCUT2D eigenvalue weighted by Crippen LogP contribution is 2.55. The molecule has 8 nitrogen and oxygen atoms in total. The summed E-state index contributed by atoms with van der Waals surface area (Å²) in [7, 11) is -2.73. The maximum Gasteiger partial charge on any atom is 0.261 e. The van der Waals surface area contributed by atoms with Crippen LogP contribution in [0.2, 0.25) is 5.04 Å². The van der Waals surface area contributed by atoms with Crippen LogP contribution in [0.4, 0.5) is 5.69 Å². The Balaban J connectivity index is 1.08. The Kier molecular flexibility index (Phi) is 11.7. The Morgan fingerprint density at radius 3 is 1.67 bits per heavy atom. The van der Waals surface area contributed by atoms with Gasteiger partial charge in [-0.3, -0.25) is 0 Å². The van der Waals surface area contributed by atoms with Crippen molar-refractivity contribution in [2.45, 2.75) is 94.8 Å². The largest absolute Gasteiger partial charge is 0.407 e. The summed E-state index contributed by atoms with van der Waals surface area (Å²) >= 11 is 0.